The van der Waals surface area contributed by atoms with Crippen LogP contribution in [0.2, 0.25) is 0 Å². The van der Waals surface area contributed by atoms with Crippen molar-refractivity contribution in [1.82, 2.24) is 24.8 Å². The van der Waals surface area contributed by atoms with E-state index in [1.54, 1.807) is 24.4 Å². The molecule has 4 aliphatic rings. The Morgan fingerprint density at radius 1 is 1.14 bits per heavy atom. The van der Waals surface area contributed by atoms with Crippen LogP contribution in [0.1, 0.15) is 49.9 Å². The SMILES string of the molecule is CC1(C)CC2CN1c1nc(-n3ccc(OCCC4(C(F)(F)F)CC4)n3)ccc1C(=O)NSc1ccc(cc1)OCCN2. The number of hydrogen-bond donors (Lipinski definition) is 2. The van der Waals surface area contributed by atoms with E-state index in [1.807, 2.05) is 24.3 Å². The summed E-state index contributed by atoms with van der Waals surface area (Å²) in [6.07, 6.45) is -1.54. The number of hydrogen-bond acceptors (Lipinski definition) is 8. The molecule has 0 radical (unpaired) electrons. The van der Waals surface area contributed by atoms with E-state index in [2.05, 4.69) is 33.9 Å². The number of pyridine rings is 1. The maximum atomic E-state index is 13.5. The van der Waals surface area contributed by atoms with Crippen molar-refractivity contribution >= 4 is 23.7 Å². The van der Waals surface area contributed by atoms with Crippen LogP contribution >= 0.6 is 11.9 Å². The molecule has 7 rings (SSSR count). The van der Waals surface area contributed by atoms with Gasteiger partial charge >= 0.3 is 6.18 Å². The van der Waals surface area contributed by atoms with E-state index >= 15 is 0 Å². The zero-order valence-electron chi connectivity index (χ0n) is 23.4. The first-order valence-electron chi connectivity index (χ1n) is 14.0. The summed E-state index contributed by atoms with van der Waals surface area (Å²) >= 11 is 1.22. The van der Waals surface area contributed by atoms with Crippen LogP contribution in [0.5, 0.6) is 11.6 Å². The van der Waals surface area contributed by atoms with Crippen molar-refractivity contribution in [2.45, 2.75) is 62.2 Å². The van der Waals surface area contributed by atoms with Gasteiger partial charge in [0.15, 0.2) is 5.82 Å². The highest BCUT2D eigenvalue weighted by Gasteiger charge is 2.62. The molecule has 1 aliphatic carbocycles. The molecule has 3 aliphatic heterocycles. The number of aromatic nitrogens is 3. The van der Waals surface area contributed by atoms with Crippen LogP contribution in [-0.4, -0.2) is 64.7 Å². The molecule has 2 aromatic heterocycles. The molecule has 2 fully saturated rings. The molecule has 1 atom stereocenters. The van der Waals surface area contributed by atoms with Crippen LogP contribution < -0.4 is 24.4 Å². The Hall–Kier alpha value is -3.45. The average molecular weight is 603 g/mol. The number of amides is 1. The third-order valence-corrected chi connectivity index (χ3v) is 9.01. The third kappa shape index (κ3) is 5.89. The van der Waals surface area contributed by atoms with Crippen molar-refractivity contribution in [2.24, 2.45) is 5.41 Å². The molecule has 4 bridgehead atoms. The predicted molar refractivity (Wildman–Crippen MR) is 152 cm³/mol. The van der Waals surface area contributed by atoms with Gasteiger partial charge in [0.1, 0.15) is 18.2 Å². The van der Waals surface area contributed by atoms with Crippen molar-refractivity contribution in [3.63, 3.8) is 0 Å². The van der Waals surface area contributed by atoms with Gasteiger partial charge < -0.3 is 19.7 Å². The highest BCUT2D eigenvalue weighted by Crippen LogP contribution is 2.59. The van der Waals surface area contributed by atoms with Crippen LogP contribution in [0.3, 0.4) is 0 Å². The number of rotatable bonds is 5. The van der Waals surface area contributed by atoms with Gasteiger partial charge in [-0.05, 0) is 87.9 Å². The van der Waals surface area contributed by atoms with Gasteiger partial charge in [0.05, 0.1) is 17.6 Å². The van der Waals surface area contributed by atoms with Gasteiger partial charge in [-0.2, -0.15) is 13.2 Å². The lowest BCUT2D eigenvalue weighted by molar-refractivity contribution is -0.190. The molecule has 2 N–H and O–H groups in total. The number of fused-ring (bicyclic) bond motifs is 7. The van der Waals surface area contributed by atoms with Crippen molar-refractivity contribution in [2.75, 3.05) is 31.2 Å². The molecule has 1 saturated heterocycles. The molecule has 1 unspecified atom stereocenters. The number of halogens is 3. The smallest absolute Gasteiger partial charge is 0.394 e. The first kappa shape index (κ1) is 28.7. The zero-order valence-corrected chi connectivity index (χ0v) is 24.2. The minimum absolute atomic E-state index is 0.0733. The van der Waals surface area contributed by atoms with E-state index in [-0.39, 0.29) is 49.2 Å². The molecule has 9 nitrogen and oxygen atoms in total. The number of alkyl halides is 3. The van der Waals surface area contributed by atoms with Crippen LogP contribution in [-0.2, 0) is 0 Å². The summed E-state index contributed by atoms with van der Waals surface area (Å²) in [4.78, 5) is 21.4. The number of benzene rings is 1. The molecule has 1 saturated carbocycles. The Balaban J connectivity index is 1.25. The highest BCUT2D eigenvalue weighted by atomic mass is 32.2. The monoisotopic (exact) mass is 602 g/mol. The van der Waals surface area contributed by atoms with Crippen molar-refractivity contribution in [1.29, 1.82) is 0 Å². The third-order valence-electron chi connectivity index (χ3n) is 8.21. The Labute approximate surface area is 246 Å². The number of anilines is 1. The number of carbonyl (C=O) groups is 1. The molecule has 13 heteroatoms. The van der Waals surface area contributed by atoms with Crippen LogP contribution in [0.4, 0.5) is 19.0 Å². The normalized spacial score (nSPS) is 21.4. The van der Waals surface area contributed by atoms with Crippen LogP contribution in [0.15, 0.2) is 53.6 Å². The Bertz CT molecular complexity index is 1440. The molecule has 42 heavy (non-hydrogen) atoms. The van der Waals surface area contributed by atoms with Gasteiger partial charge in [0, 0.05) is 41.8 Å². The summed E-state index contributed by atoms with van der Waals surface area (Å²) < 4.78 is 55.6. The van der Waals surface area contributed by atoms with Gasteiger partial charge in [-0.3, -0.25) is 9.52 Å². The predicted octanol–water partition coefficient (Wildman–Crippen LogP) is 5.16. The molecular formula is C29H33F3N6O3S. The summed E-state index contributed by atoms with van der Waals surface area (Å²) in [5, 5.41) is 7.97. The molecule has 5 heterocycles. The second kappa shape index (κ2) is 11.0. The van der Waals surface area contributed by atoms with E-state index in [0.29, 0.717) is 36.9 Å². The highest BCUT2D eigenvalue weighted by molar-refractivity contribution is 7.98. The summed E-state index contributed by atoms with van der Waals surface area (Å²) in [5.41, 5.74) is -1.50. The Kier molecular flexibility index (Phi) is 7.50. The summed E-state index contributed by atoms with van der Waals surface area (Å²) in [6, 6.07) is 12.7. The molecule has 0 spiro atoms. The van der Waals surface area contributed by atoms with Crippen LogP contribution in [0, 0.1) is 5.41 Å². The largest absolute Gasteiger partial charge is 0.492 e. The van der Waals surface area contributed by atoms with Crippen molar-refractivity contribution in [3.8, 4) is 17.4 Å². The molecular weight excluding hydrogens is 569 g/mol. The molecule has 3 aromatic rings. The average Bonchev–Trinajstić information content (AvgIpc) is 3.50. The van der Waals surface area contributed by atoms with E-state index in [9.17, 15) is 18.0 Å². The fourth-order valence-electron chi connectivity index (χ4n) is 5.59. The van der Waals surface area contributed by atoms with Gasteiger partial charge in [-0.25, -0.2) is 9.67 Å². The number of nitrogens with one attached hydrogen (secondary N) is 2. The van der Waals surface area contributed by atoms with E-state index in [1.165, 1.54) is 16.6 Å². The number of carbonyl (C=O) groups excluding carboxylic acids is 1. The van der Waals surface area contributed by atoms with E-state index < -0.39 is 11.6 Å². The first-order chi connectivity index (χ1) is 20.0. The lowest BCUT2D eigenvalue weighted by atomic mass is 10.00. The van der Waals surface area contributed by atoms with Gasteiger partial charge in [0.2, 0.25) is 5.88 Å². The Morgan fingerprint density at radius 3 is 2.67 bits per heavy atom. The quantitative estimate of drug-likeness (QED) is 0.388. The second-order valence-electron chi connectivity index (χ2n) is 11.6. The summed E-state index contributed by atoms with van der Waals surface area (Å²) in [6.45, 7) is 6.01. The van der Waals surface area contributed by atoms with Gasteiger partial charge in [-0.15, -0.1) is 5.10 Å². The topological polar surface area (TPSA) is 93.5 Å². The fraction of sp³-hybridized carbons (Fsp3) is 0.483. The maximum Gasteiger partial charge on any atom is 0.394 e. The molecule has 1 aromatic carbocycles. The van der Waals surface area contributed by atoms with E-state index in [0.717, 1.165) is 17.1 Å². The lowest BCUT2D eigenvalue weighted by Crippen LogP contribution is -2.40. The molecule has 1 amide bonds. The summed E-state index contributed by atoms with van der Waals surface area (Å²) in [5.74, 6) is 1.70. The molecule has 224 valence electrons. The maximum absolute atomic E-state index is 13.5. The van der Waals surface area contributed by atoms with Gasteiger partial charge in [0.25, 0.3) is 5.91 Å². The van der Waals surface area contributed by atoms with Crippen LogP contribution in [0.25, 0.3) is 5.82 Å². The first-order valence-corrected chi connectivity index (χ1v) is 14.8. The number of ether oxygens (including phenoxy) is 2. The summed E-state index contributed by atoms with van der Waals surface area (Å²) in [7, 11) is 0. The Morgan fingerprint density at radius 2 is 1.93 bits per heavy atom. The fourth-order valence-corrected chi connectivity index (χ4v) is 6.18. The van der Waals surface area contributed by atoms with Crippen molar-refractivity contribution < 1.29 is 27.4 Å². The van der Waals surface area contributed by atoms with Gasteiger partial charge in [-0.1, -0.05) is 0 Å². The second-order valence-corrected chi connectivity index (χ2v) is 12.5. The number of nitrogens with zero attached hydrogens (tertiary/aromatic N) is 4. The van der Waals surface area contributed by atoms with Crippen molar-refractivity contribution in [3.05, 3.63) is 54.2 Å². The minimum atomic E-state index is -4.21. The van der Waals surface area contributed by atoms with E-state index in [4.69, 9.17) is 14.5 Å². The zero-order chi connectivity index (χ0) is 29.5. The lowest BCUT2D eigenvalue weighted by Gasteiger charge is -2.33. The minimum Gasteiger partial charge on any atom is -0.492 e. The standard InChI is InChI=1S/C29H33F3N6O3S/c1-27(2)17-19-18-37(27)25-22(26(39)36-42-21-5-3-20(4-6-21)40-16-13-33-19)7-8-23(34-25)38-14-9-24(35-38)41-15-12-28(10-11-28)29(30,31)32/h3-9,14,19,33H,10-13,15-18H2,1-2H3,(H,36,39).